The average Bonchev–Trinajstić information content (AvgIpc) is 2.37. The lowest BCUT2D eigenvalue weighted by Gasteiger charge is -2.40. The first-order valence-corrected chi connectivity index (χ1v) is 9.51. The van der Waals surface area contributed by atoms with E-state index in [2.05, 4.69) is 22.5 Å². The zero-order valence-electron chi connectivity index (χ0n) is 13.0. The van der Waals surface area contributed by atoms with Crippen LogP contribution >= 0.6 is 0 Å². The molecule has 0 aromatic rings. The largest absolute Gasteiger partial charge is 0.357 e. The van der Waals surface area contributed by atoms with Gasteiger partial charge in [0.25, 0.3) is 0 Å². The molecular formula is C14H29N3O2S. The molecular weight excluding hydrogens is 274 g/mol. The second-order valence-electron chi connectivity index (χ2n) is 5.57. The van der Waals surface area contributed by atoms with Crippen molar-refractivity contribution < 1.29 is 8.42 Å². The van der Waals surface area contributed by atoms with Gasteiger partial charge in [-0.3, -0.25) is 4.99 Å². The molecule has 0 atom stereocenters. The number of nitrogens with zero attached hydrogens (tertiary/aromatic N) is 1. The van der Waals surface area contributed by atoms with Crippen molar-refractivity contribution in [3.63, 3.8) is 0 Å². The highest BCUT2D eigenvalue weighted by molar-refractivity contribution is 7.91. The van der Waals surface area contributed by atoms with Gasteiger partial charge in [-0.2, -0.15) is 0 Å². The number of hydrogen-bond donors (Lipinski definition) is 2. The lowest BCUT2D eigenvalue weighted by molar-refractivity contribution is 0.139. The highest BCUT2D eigenvalue weighted by Crippen LogP contribution is 2.43. The molecule has 0 saturated heterocycles. The van der Waals surface area contributed by atoms with E-state index in [9.17, 15) is 8.42 Å². The Morgan fingerprint density at radius 1 is 1.20 bits per heavy atom. The molecule has 0 unspecified atom stereocenters. The van der Waals surface area contributed by atoms with Gasteiger partial charge < -0.3 is 10.6 Å². The van der Waals surface area contributed by atoms with Gasteiger partial charge >= 0.3 is 0 Å². The van der Waals surface area contributed by atoms with E-state index in [0.717, 1.165) is 19.0 Å². The second-order valence-corrected chi connectivity index (χ2v) is 8.04. The molecule has 1 aliphatic rings. The van der Waals surface area contributed by atoms with Gasteiger partial charge in [-0.15, -0.1) is 0 Å². The smallest absolute Gasteiger partial charge is 0.191 e. The van der Waals surface area contributed by atoms with E-state index in [0.29, 0.717) is 12.0 Å². The van der Waals surface area contributed by atoms with Gasteiger partial charge in [0.15, 0.2) is 15.8 Å². The number of hydrogen-bond acceptors (Lipinski definition) is 3. The minimum Gasteiger partial charge on any atom is -0.357 e. The third-order valence-electron chi connectivity index (χ3n) is 4.23. The second kappa shape index (κ2) is 7.86. The quantitative estimate of drug-likeness (QED) is 0.527. The van der Waals surface area contributed by atoms with Crippen LogP contribution in [0.3, 0.4) is 0 Å². The van der Waals surface area contributed by atoms with Crippen molar-refractivity contribution in [3.05, 3.63) is 0 Å². The standard InChI is InChI=1S/C14H29N3O2S/c1-4-14(8-7-9-14)12-17-13(15-5-2)16-10-11-20(18,19)6-3/h4-12H2,1-3H3,(H2,15,16,17). The molecule has 0 heterocycles. The summed E-state index contributed by atoms with van der Waals surface area (Å²) in [4.78, 5) is 4.62. The Kier molecular flexibility index (Phi) is 6.79. The highest BCUT2D eigenvalue weighted by atomic mass is 32.2. The van der Waals surface area contributed by atoms with Gasteiger partial charge in [-0.05, 0) is 31.6 Å². The van der Waals surface area contributed by atoms with Gasteiger partial charge in [0.2, 0.25) is 0 Å². The maximum atomic E-state index is 11.5. The Morgan fingerprint density at radius 2 is 1.90 bits per heavy atom. The van der Waals surface area contributed by atoms with E-state index in [1.165, 1.54) is 25.7 Å². The molecule has 118 valence electrons. The Balaban J connectivity index is 2.47. The molecule has 1 aliphatic carbocycles. The fourth-order valence-electron chi connectivity index (χ4n) is 2.36. The van der Waals surface area contributed by atoms with Crippen LogP contribution in [-0.4, -0.2) is 45.5 Å². The lowest BCUT2D eigenvalue weighted by Crippen LogP contribution is -2.41. The first-order chi connectivity index (χ1) is 9.47. The summed E-state index contributed by atoms with van der Waals surface area (Å²) in [6.45, 7) is 7.95. The van der Waals surface area contributed by atoms with Crippen LogP contribution in [0.5, 0.6) is 0 Å². The number of sulfone groups is 1. The Bertz CT molecular complexity index is 409. The third kappa shape index (κ3) is 5.31. The highest BCUT2D eigenvalue weighted by Gasteiger charge is 2.34. The Morgan fingerprint density at radius 3 is 2.35 bits per heavy atom. The van der Waals surface area contributed by atoms with Crippen molar-refractivity contribution in [1.82, 2.24) is 10.6 Å². The summed E-state index contributed by atoms with van der Waals surface area (Å²) in [5.41, 5.74) is 0.387. The Labute approximate surface area is 123 Å². The van der Waals surface area contributed by atoms with E-state index < -0.39 is 9.84 Å². The summed E-state index contributed by atoms with van der Waals surface area (Å²) in [7, 11) is -2.92. The van der Waals surface area contributed by atoms with Crippen LogP contribution in [0.15, 0.2) is 4.99 Å². The molecule has 0 amide bonds. The number of guanidine groups is 1. The van der Waals surface area contributed by atoms with E-state index in [1.807, 2.05) is 6.92 Å². The first kappa shape index (κ1) is 17.3. The van der Waals surface area contributed by atoms with Crippen LogP contribution in [0, 0.1) is 5.41 Å². The maximum Gasteiger partial charge on any atom is 0.191 e. The maximum absolute atomic E-state index is 11.5. The summed E-state index contributed by atoms with van der Waals surface area (Å²) < 4.78 is 22.9. The number of nitrogens with one attached hydrogen (secondary N) is 2. The normalized spacial score (nSPS) is 18.4. The minimum absolute atomic E-state index is 0.160. The zero-order valence-corrected chi connectivity index (χ0v) is 13.9. The van der Waals surface area contributed by atoms with Gasteiger partial charge in [0.1, 0.15) is 0 Å². The van der Waals surface area contributed by atoms with Crippen molar-refractivity contribution >= 4 is 15.8 Å². The fourth-order valence-corrected chi connectivity index (χ4v) is 3.06. The molecule has 0 radical (unpaired) electrons. The van der Waals surface area contributed by atoms with E-state index >= 15 is 0 Å². The summed E-state index contributed by atoms with van der Waals surface area (Å²) in [5, 5.41) is 6.29. The summed E-state index contributed by atoms with van der Waals surface area (Å²) >= 11 is 0. The molecule has 0 aromatic heterocycles. The fraction of sp³-hybridized carbons (Fsp3) is 0.929. The first-order valence-electron chi connectivity index (χ1n) is 7.69. The molecule has 5 nitrogen and oxygen atoms in total. The van der Waals surface area contributed by atoms with E-state index in [-0.39, 0.29) is 11.5 Å². The van der Waals surface area contributed by atoms with Crippen molar-refractivity contribution in [2.45, 2.75) is 46.5 Å². The summed E-state index contributed by atoms with van der Waals surface area (Å²) in [6, 6.07) is 0. The monoisotopic (exact) mass is 303 g/mol. The molecule has 0 aliphatic heterocycles. The van der Waals surface area contributed by atoms with Gasteiger partial charge in [0, 0.05) is 25.4 Å². The lowest BCUT2D eigenvalue weighted by atomic mass is 9.67. The molecule has 0 aromatic carbocycles. The molecule has 1 fully saturated rings. The number of aliphatic imine (C=N–C) groups is 1. The van der Waals surface area contributed by atoms with Crippen LogP contribution in [0.2, 0.25) is 0 Å². The molecule has 20 heavy (non-hydrogen) atoms. The van der Waals surface area contributed by atoms with Crippen molar-refractivity contribution in [1.29, 1.82) is 0 Å². The average molecular weight is 303 g/mol. The Hall–Kier alpha value is -0.780. The molecule has 1 saturated carbocycles. The predicted octanol–water partition coefficient (Wildman–Crippen LogP) is 1.56. The van der Waals surface area contributed by atoms with Gasteiger partial charge in [-0.1, -0.05) is 20.3 Å². The van der Waals surface area contributed by atoms with E-state index in [4.69, 9.17) is 0 Å². The van der Waals surface area contributed by atoms with Crippen LogP contribution in [0.25, 0.3) is 0 Å². The molecule has 1 rings (SSSR count). The van der Waals surface area contributed by atoms with Crippen LogP contribution in [0.1, 0.15) is 46.5 Å². The van der Waals surface area contributed by atoms with Crippen molar-refractivity contribution in [3.8, 4) is 0 Å². The van der Waals surface area contributed by atoms with Gasteiger partial charge in [0.05, 0.1) is 5.75 Å². The van der Waals surface area contributed by atoms with Crippen molar-refractivity contribution in [2.24, 2.45) is 10.4 Å². The molecule has 0 bridgehead atoms. The topological polar surface area (TPSA) is 70.6 Å². The third-order valence-corrected chi connectivity index (χ3v) is 5.93. The molecule has 0 spiro atoms. The van der Waals surface area contributed by atoms with Crippen molar-refractivity contribution in [2.75, 3.05) is 31.1 Å². The summed E-state index contributed by atoms with van der Waals surface area (Å²) in [5.74, 6) is 1.09. The number of rotatable bonds is 8. The predicted molar refractivity (Wildman–Crippen MR) is 84.9 cm³/mol. The van der Waals surface area contributed by atoms with E-state index in [1.54, 1.807) is 6.92 Å². The van der Waals surface area contributed by atoms with Gasteiger partial charge in [-0.25, -0.2) is 8.42 Å². The van der Waals surface area contributed by atoms with Crippen LogP contribution < -0.4 is 10.6 Å². The molecule has 2 N–H and O–H groups in total. The minimum atomic E-state index is -2.92. The molecule has 6 heteroatoms. The summed E-state index contributed by atoms with van der Waals surface area (Å²) in [6.07, 6.45) is 5.00. The zero-order chi connectivity index (χ0) is 15.1. The van der Waals surface area contributed by atoms with Crippen LogP contribution in [-0.2, 0) is 9.84 Å². The SMILES string of the molecule is CCNC(=NCC1(CC)CCC1)NCCS(=O)(=O)CC. The van der Waals surface area contributed by atoms with Crippen LogP contribution in [0.4, 0.5) is 0 Å².